The molecule has 0 aliphatic heterocycles. The molecule has 136 valence electrons. The standard InChI is InChI=1S/C16H14ClN3O6/c1-9(26-16(22)11-4-3-7-18-14(11)17)15(21)19-12-6-5-10(20(23)24)8-13(12)25-2/h3-9H,1-2H3,(H,19,21)/t9-/m0/s1. The molecule has 0 bridgehead atoms. The number of amides is 1. The first-order valence-electron chi connectivity index (χ1n) is 7.28. The van der Waals surface area contributed by atoms with Crippen LogP contribution in [0.15, 0.2) is 36.5 Å². The van der Waals surface area contributed by atoms with Crippen molar-refractivity contribution in [3.05, 3.63) is 57.4 Å². The summed E-state index contributed by atoms with van der Waals surface area (Å²) in [7, 11) is 1.31. The van der Waals surface area contributed by atoms with Crippen molar-refractivity contribution in [3.8, 4) is 5.75 Å². The number of nitrogens with one attached hydrogen (secondary N) is 1. The smallest absolute Gasteiger partial charge is 0.342 e. The van der Waals surface area contributed by atoms with Gasteiger partial charge in [0.2, 0.25) is 0 Å². The number of halogens is 1. The van der Waals surface area contributed by atoms with Gasteiger partial charge in [0.1, 0.15) is 10.9 Å². The quantitative estimate of drug-likeness (QED) is 0.354. The molecule has 0 aliphatic carbocycles. The minimum Gasteiger partial charge on any atom is -0.494 e. The van der Waals surface area contributed by atoms with E-state index in [0.717, 1.165) is 0 Å². The molecule has 0 saturated heterocycles. The predicted octanol–water partition coefficient (Wildman–Crippen LogP) is 2.84. The van der Waals surface area contributed by atoms with Crippen LogP contribution < -0.4 is 10.1 Å². The van der Waals surface area contributed by atoms with Gasteiger partial charge in [-0.05, 0) is 25.1 Å². The van der Waals surface area contributed by atoms with Crippen molar-refractivity contribution in [2.75, 3.05) is 12.4 Å². The van der Waals surface area contributed by atoms with Crippen LogP contribution in [0.3, 0.4) is 0 Å². The Hall–Kier alpha value is -3.20. The molecule has 0 saturated carbocycles. The second-order valence-electron chi connectivity index (χ2n) is 5.02. The highest BCUT2D eigenvalue weighted by molar-refractivity contribution is 6.32. The molecule has 1 aromatic carbocycles. The fourth-order valence-electron chi connectivity index (χ4n) is 1.95. The molecule has 2 rings (SSSR count). The lowest BCUT2D eigenvalue weighted by molar-refractivity contribution is -0.384. The summed E-state index contributed by atoms with van der Waals surface area (Å²) in [6, 6.07) is 6.63. The van der Waals surface area contributed by atoms with E-state index in [-0.39, 0.29) is 27.8 Å². The number of nitro groups is 1. The number of carbonyl (C=O) groups is 2. The maximum atomic E-state index is 12.2. The van der Waals surface area contributed by atoms with Crippen LogP contribution >= 0.6 is 11.6 Å². The lowest BCUT2D eigenvalue weighted by Gasteiger charge is -2.15. The van der Waals surface area contributed by atoms with Crippen molar-refractivity contribution in [2.24, 2.45) is 0 Å². The van der Waals surface area contributed by atoms with Gasteiger partial charge in [-0.3, -0.25) is 14.9 Å². The van der Waals surface area contributed by atoms with Gasteiger partial charge in [0, 0.05) is 12.3 Å². The lowest BCUT2D eigenvalue weighted by atomic mass is 10.2. The summed E-state index contributed by atoms with van der Waals surface area (Å²) in [4.78, 5) is 38.2. The lowest BCUT2D eigenvalue weighted by Crippen LogP contribution is -2.30. The van der Waals surface area contributed by atoms with E-state index in [2.05, 4.69) is 10.3 Å². The SMILES string of the molecule is COc1cc([N+](=O)[O-])ccc1NC(=O)[C@H](C)OC(=O)c1cccnc1Cl. The number of ether oxygens (including phenoxy) is 2. The molecule has 9 nitrogen and oxygen atoms in total. The highest BCUT2D eigenvalue weighted by atomic mass is 35.5. The molecule has 0 fully saturated rings. The Balaban J connectivity index is 2.08. The van der Waals surface area contributed by atoms with Crippen LogP contribution in [0.2, 0.25) is 5.15 Å². The number of hydrogen-bond donors (Lipinski definition) is 1. The number of anilines is 1. The summed E-state index contributed by atoms with van der Waals surface area (Å²) in [6.45, 7) is 1.37. The Morgan fingerprint density at radius 3 is 2.69 bits per heavy atom. The maximum Gasteiger partial charge on any atom is 0.342 e. The number of benzene rings is 1. The first kappa shape index (κ1) is 19.1. The number of non-ortho nitro benzene ring substituents is 1. The van der Waals surface area contributed by atoms with Crippen molar-refractivity contribution in [1.82, 2.24) is 4.98 Å². The van der Waals surface area contributed by atoms with E-state index in [1.165, 1.54) is 50.6 Å². The normalized spacial score (nSPS) is 11.3. The third kappa shape index (κ3) is 4.45. The summed E-state index contributed by atoms with van der Waals surface area (Å²) < 4.78 is 10.1. The number of rotatable bonds is 6. The molecule has 0 radical (unpaired) electrons. The minimum absolute atomic E-state index is 0.0294. The van der Waals surface area contributed by atoms with Crippen LogP contribution in [0.4, 0.5) is 11.4 Å². The van der Waals surface area contributed by atoms with Gasteiger partial charge in [-0.1, -0.05) is 11.6 Å². The van der Waals surface area contributed by atoms with Gasteiger partial charge in [0.05, 0.1) is 29.4 Å². The second-order valence-corrected chi connectivity index (χ2v) is 5.38. The van der Waals surface area contributed by atoms with E-state index >= 15 is 0 Å². The zero-order chi connectivity index (χ0) is 19.3. The first-order chi connectivity index (χ1) is 12.3. The Morgan fingerprint density at radius 1 is 1.35 bits per heavy atom. The highest BCUT2D eigenvalue weighted by Gasteiger charge is 2.22. The molecule has 0 spiro atoms. The molecule has 1 N–H and O–H groups in total. The van der Waals surface area contributed by atoms with E-state index in [1.54, 1.807) is 0 Å². The van der Waals surface area contributed by atoms with Gasteiger partial charge in [-0.15, -0.1) is 0 Å². The zero-order valence-corrected chi connectivity index (χ0v) is 14.5. The third-order valence-electron chi connectivity index (χ3n) is 3.29. The zero-order valence-electron chi connectivity index (χ0n) is 13.8. The summed E-state index contributed by atoms with van der Waals surface area (Å²) in [5.41, 5.74) is 0.0395. The van der Waals surface area contributed by atoms with E-state index in [1.807, 2.05) is 0 Å². The van der Waals surface area contributed by atoms with Gasteiger partial charge in [-0.2, -0.15) is 0 Å². The van der Waals surface area contributed by atoms with Crippen LogP contribution in [0.5, 0.6) is 5.75 Å². The predicted molar refractivity (Wildman–Crippen MR) is 92.4 cm³/mol. The van der Waals surface area contributed by atoms with Gasteiger partial charge >= 0.3 is 5.97 Å². The summed E-state index contributed by atoms with van der Waals surface area (Å²) in [5, 5.41) is 13.2. The summed E-state index contributed by atoms with van der Waals surface area (Å²) in [5.74, 6) is -1.35. The Bertz CT molecular complexity index is 858. The number of carbonyl (C=O) groups excluding carboxylic acids is 2. The van der Waals surface area contributed by atoms with Gasteiger partial charge in [0.25, 0.3) is 11.6 Å². The van der Waals surface area contributed by atoms with E-state index in [4.69, 9.17) is 21.1 Å². The molecule has 2 aromatic rings. The number of methoxy groups -OCH3 is 1. The Morgan fingerprint density at radius 2 is 2.08 bits per heavy atom. The molecule has 0 aliphatic rings. The monoisotopic (exact) mass is 379 g/mol. The van der Waals surface area contributed by atoms with Gasteiger partial charge < -0.3 is 14.8 Å². The van der Waals surface area contributed by atoms with E-state index in [9.17, 15) is 19.7 Å². The Labute approximate surface area is 153 Å². The number of esters is 1. The van der Waals surface area contributed by atoms with Crippen LogP contribution in [-0.4, -0.2) is 35.0 Å². The van der Waals surface area contributed by atoms with Crippen molar-refractivity contribution in [1.29, 1.82) is 0 Å². The average molecular weight is 380 g/mol. The van der Waals surface area contributed by atoms with Gasteiger partial charge in [0.15, 0.2) is 6.10 Å². The van der Waals surface area contributed by atoms with Crippen LogP contribution in [0.25, 0.3) is 0 Å². The van der Waals surface area contributed by atoms with Crippen molar-refractivity contribution >= 4 is 34.9 Å². The fraction of sp³-hybridized carbons (Fsp3) is 0.188. The molecular weight excluding hydrogens is 366 g/mol. The van der Waals surface area contributed by atoms with E-state index in [0.29, 0.717) is 0 Å². The largest absolute Gasteiger partial charge is 0.494 e. The fourth-order valence-corrected chi connectivity index (χ4v) is 2.14. The van der Waals surface area contributed by atoms with Gasteiger partial charge in [-0.25, -0.2) is 9.78 Å². The van der Waals surface area contributed by atoms with Crippen molar-refractivity contribution < 1.29 is 24.0 Å². The molecule has 10 heteroatoms. The first-order valence-corrected chi connectivity index (χ1v) is 7.66. The molecule has 0 unspecified atom stereocenters. The summed E-state index contributed by atoms with van der Waals surface area (Å²) in [6.07, 6.45) is 0.259. The summed E-state index contributed by atoms with van der Waals surface area (Å²) >= 11 is 5.81. The topological polar surface area (TPSA) is 121 Å². The van der Waals surface area contributed by atoms with E-state index < -0.39 is 22.9 Å². The third-order valence-corrected chi connectivity index (χ3v) is 3.59. The molecule has 1 atom stereocenters. The molecule has 1 aromatic heterocycles. The number of nitro benzene ring substituents is 1. The molecule has 1 heterocycles. The van der Waals surface area contributed by atoms with Crippen LogP contribution in [0.1, 0.15) is 17.3 Å². The Kier molecular flexibility index (Phi) is 6.07. The highest BCUT2D eigenvalue weighted by Crippen LogP contribution is 2.29. The number of pyridine rings is 1. The minimum atomic E-state index is -1.15. The molecule has 1 amide bonds. The maximum absolute atomic E-state index is 12.2. The number of aromatic nitrogens is 1. The van der Waals surface area contributed by atoms with Crippen LogP contribution in [0, 0.1) is 10.1 Å². The van der Waals surface area contributed by atoms with Crippen molar-refractivity contribution in [2.45, 2.75) is 13.0 Å². The van der Waals surface area contributed by atoms with Crippen LogP contribution in [-0.2, 0) is 9.53 Å². The number of hydrogen-bond acceptors (Lipinski definition) is 7. The average Bonchev–Trinajstić information content (AvgIpc) is 2.61. The molecular formula is C16H14ClN3O6. The second kappa shape index (κ2) is 8.26. The molecule has 26 heavy (non-hydrogen) atoms. The van der Waals surface area contributed by atoms with Crippen molar-refractivity contribution in [3.63, 3.8) is 0 Å². The number of nitrogens with zero attached hydrogens (tertiary/aromatic N) is 2.